The number of ether oxygens (including phenoxy) is 1. The lowest BCUT2D eigenvalue weighted by Crippen LogP contribution is -2.30. The molecule has 0 spiro atoms. The monoisotopic (exact) mass is 235 g/mol. The summed E-state index contributed by atoms with van der Waals surface area (Å²) in [6.45, 7) is 1.72. The van der Waals surface area contributed by atoms with Crippen LogP contribution in [0.5, 0.6) is 0 Å². The van der Waals surface area contributed by atoms with Crippen molar-refractivity contribution < 1.29 is 14.9 Å². The quantitative estimate of drug-likeness (QED) is 0.728. The Kier molecular flexibility index (Phi) is 2.36. The van der Waals surface area contributed by atoms with Crippen molar-refractivity contribution in [3.63, 3.8) is 0 Å². The van der Waals surface area contributed by atoms with Crippen LogP contribution in [0.25, 0.3) is 11.4 Å². The number of hydrogen-bond acceptors (Lipinski definition) is 5. The van der Waals surface area contributed by atoms with Gasteiger partial charge in [0.25, 0.3) is 0 Å². The molecule has 3 rings (SSSR count). The van der Waals surface area contributed by atoms with Gasteiger partial charge in [-0.1, -0.05) is 0 Å². The van der Waals surface area contributed by atoms with Crippen molar-refractivity contribution >= 4 is 0 Å². The first-order valence-electron chi connectivity index (χ1n) is 5.46. The first-order chi connectivity index (χ1) is 8.18. The molecule has 0 saturated carbocycles. The third kappa shape index (κ3) is 1.53. The van der Waals surface area contributed by atoms with E-state index >= 15 is 0 Å². The van der Waals surface area contributed by atoms with Gasteiger partial charge in [-0.15, -0.1) is 0 Å². The molecule has 3 aliphatic heterocycles. The molecule has 1 fully saturated rings. The molecule has 17 heavy (non-hydrogen) atoms. The molecule has 0 radical (unpaired) electrons. The highest BCUT2D eigenvalue weighted by Gasteiger charge is 2.42. The number of fused-ring (bicyclic) bond motifs is 1. The van der Waals surface area contributed by atoms with Crippen molar-refractivity contribution in [2.24, 2.45) is 0 Å². The summed E-state index contributed by atoms with van der Waals surface area (Å²) >= 11 is 0. The third-order valence-electron chi connectivity index (χ3n) is 3.11. The van der Waals surface area contributed by atoms with E-state index in [9.17, 15) is 10.2 Å². The molecule has 4 atom stereocenters. The Balaban J connectivity index is 2.03. The number of rotatable bonds is 1. The Bertz CT molecular complexity index is 501. The van der Waals surface area contributed by atoms with Gasteiger partial charge in [0.05, 0.1) is 12.4 Å². The summed E-state index contributed by atoms with van der Waals surface area (Å²) in [6.07, 6.45) is 1.99. The average Bonchev–Trinajstić information content (AvgIpc) is 2.89. The molecule has 0 aliphatic carbocycles. The fourth-order valence-electron chi connectivity index (χ4n) is 2.14. The van der Waals surface area contributed by atoms with Gasteiger partial charge in [-0.05, 0) is 13.0 Å². The van der Waals surface area contributed by atoms with Crippen LogP contribution in [-0.4, -0.2) is 43.1 Å². The lowest BCUT2D eigenvalue weighted by Gasteiger charge is -2.20. The molecule has 0 aromatic heterocycles. The second-order valence-electron chi connectivity index (χ2n) is 4.24. The van der Waals surface area contributed by atoms with Gasteiger partial charge in [-0.3, -0.25) is 4.57 Å². The van der Waals surface area contributed by atoms with Gasteiger partial charge in [-0.25, -0.2) is 9.97 Å². The highest BCUT2D eigenvalue weighted by Crippen LogP contribution is 2.32. The summed E-state index contributed by atoms with van der Waals surface area (Å²) < 4.78 is 7.18. The Morgan fingerprint density at radius 1 is 1.35 bits per heavy atom. The van der Waals surface area contributed by atoms with Gasteiger partial charge in [-0.2, -0.15) is 0 Å². The highest BCUT2D eigenvalue weighted by atomic mass is 16.6. The zero-order chi connectivity index (χ0) is 12.0. The molecule has 3 aliphatic rings. The van der Waals surface area contributed by atoms with E-state index in [-0.39, 0.29) is 0 Å². The topological polar surface area (TPSA) is 80.4 Å². The minimum atomic E-state index is -0.973. The number of aliphatic hydroxyl groups excluding tert-OH is 2. The lowest BCUT2D eigenvalue weighted by molar-refractivity contribution is -0.0323. The third-order valence-corrected chi connectivity index (χ3v) is 3.11. The maximum absolute atomic E-state index is 9.93. The van der Waals surface area contributed by atoms with Gasteiger partial charge in [0, 0.05) is 18.0 Å². The molecule has 3 heterocycles. The second-order valence-corrected chi connectivity index (χ2v) is 4.24. The SMILES string of the molecule is C[C@H]1O[C@@H](n2cncc3ccnc2-3)[C@H](O)[C@@H]1O. The van der Waals surface area contributed by atoms with E-state index < -0.39 is 24.5 Å². The molecule has 0 aromatic rings. The van der Waals surface area contributed by atoms with Gasteiger partial charge in [0.1, 0.15) is 18.0 Å². The Morgan fingerprint density at radius 2 is 2.18 bits per heavy atom. The van der Waals surface area contributed by atoms with Crippen LogP contribution in [0, 0.1) is 0 Å². The summed E-state index contributed by atoms with van der Waals surface area (Å²) in [5, 5.41) is 19.6. The molecule has 0 unspecified atom stereocenters. The number of aromatic nitrogens is 3. The number of hydrogen-bond donors (Lipinski definition) is 2. The molecule has 6 nitrogen and oxygen atoms in total. The van der Waals surface area contributed by atoms with Crippen molar-refractivity contribution in [2.45, 2.75) is 31.5 Å². The minimum absolute atomic E-state index is 0.410. The van der Waals surface area contributed by atoms with Crippen molar-refractivity contribution in [1.82, 2.24) is 14.5 Å². The summed E-state index contributed by atoms with van der Waals surface area (Å²) in [5.41, 5.74) is 0.873. The number of aliphatic hydroxyl groups is 2. The maximum atomic E-state index is 9.93. The van der Waals surface area contributed by atoms with Crippen LogP contribution in [0.1, 0.15) is 13.2 Å². The van der Waals surface area contributed by atoms with Crippen LogP contribution < -0.4 is 0 Å². The lowest BCUT2D eigenvalue weighted by atomic mass is 10.1. The van der Waals surface area contributed by atoms with E-state index in [1.54, 1.807) is 30.2 Å². The van der Waals surface area contributed by atoms with Crippen LogP contribution in [0.15, 0.2) is 24.8 Å². The van der Waals surface area contributed by atoms with Gasteiger partial charge >= 0.3 is 0 Å². The standard InChI is InChI=1S/C11H13N3O3/c1-6-8(15)9(16)11(17-6)14-5-12-4-7-2-3-13-10(7)14/h2-6,8-9,11,15-16H,1H3/t6-,8-,9-,11-/m1/s1. The number of nitrogens with zero attached hydrogens (tertiary/aromatic N) is 3. The molecular weight excluding hydrogens is 222 g/mol. The normalized spacial score (nSPS) is 33.4. The Morgan fingerprint density at radius 3 is 2.88 bits per heavy atom. The molecule has 0 amide bonds. The predicted molar refractivity (Wildman–Crippen MR) is 58.2 cm³/mol. The molecule has 0 aromatic carbocycles. The maximum Gasteiger partial charge on any atom is 0.165 e. The zero-order valence-electron chi connectivity index (χ0n) is 9.26. The molecule has 1 saturated heterocycles. The minimum Gasteiger partial charge on any atom is -0.388 e. The van der Waals surface area contributed by atoms with Crippen LogP contribution in [0.3, 0.4) is 0 Å². The van der Waals surface area contributed by atoms with E-state index in [1.807, 2.05) is 6.07 Å². The van der Waals surface area contributed by atoms with Crippen molar-refractivity contribution in [3.8, 4) is 11.4 Å². The van der Waals surface area contributed by atoms with E-state index in [2.05, 4.69) is 9.97 Å². The average molecular weight is 235 g/mol. The molecular formula is C11H13N3O3. The molecule has 2 N–H and O–H groups in total. The fourth-order valence-corrected chi connectivity index (χ4v) is 2.14. The van der Waals surface area contributed by atoms with Crippen LogP contribution in [-0.2, 0) is 4.74 Å². The summed E-state index contributed by atoms with van der Waals surface area (Å²) in [7, 11) is 0. The van der Waals surface area contributed by atoms with Crippen LogP contribution in [0.4, 0.5) is 0 Å². The summed E-state index contributed by atoms with van der Waals surface area (Å²) in [6, 6.07) is 1.83. The van der Waals surface area contributed by atoms with Crippen LogP contribution in [0.2, 0.25) is 0 Å². The molecule has 0 bridgehead atoms. The molecule has 6 heteroatoms. The largest absolute Gasteiger partial charge is 0.388 e. The predicted octanol–water partition coefficient (Wildman–Crippen LogP) is 0.0220. The molecule has 90 valence electrons. The van der Waals surface area contributed by atoms with E-state index in [4.69, 9.17) is 4.74 Å². The van der Waals surface area contributed by atoms with Gasteiger partial charge in [0.2, 0.25) is 0 Å². The summed E-state index contributed by atoms with van der Waals surface area (Å²) in [5.74, 6) is 0.686. The zero-order valence-corrected chi connectivity index (χ0v) is 9.26. The smallest absolute Gasteiger partial charge is 0.165 e. The van der Waals surface area contributed by atoms with Gasteiger partial charge in [0.15, 0.2) is 6.23 Å². The Hall–Kier alpha value is -1.50. The van der Waals surface area contributed by atoms with Crippen LogP contribution >= 0.6 is 0 Å². The fraction of sp³-hybridized carbons (Fsp3) is 0.455. The first-order valence-corrected chi connectivity index (χ1v) is 5.46. The van der Waals surface area contributed by atoms with Gasteiger partial charge < -0.3 is 14.9 Å². The highest BCUT2D eigenvalue weighted by molar-refractivity contribution is 5.55. The Labute approximate surface area is 97.8 Å². The summed E-state index contributed by atoms with van der Waals surface area (Å²) in [4.78, 5) is 8.26. The van der Waals surface area contributed by atoms with E-state index in [1.165, 1.54) is 0 Å². The van der Waals surface area contributed by atoms with E-state index in [0.717, 1.165) is 5.56 Å². The first kappa shape index (κ1) is 10.6. The van der Waals surface area contributed by atoms with E-state index in [0.29, 0.717) is 5.82 Å². The second kappa shape index (κ2) is 3.76. The van der Waals surface area contributed by atoms with Crippen molar-refractivity contribution in [2.75, 3.05) is 0 Å². The van der Waals surface area contributed by atoms with Crippen molar-refractivity contribution in [3.05, 3.63) is 24.8 Å². The van der Waals surface area contributed by atoms with Crippen molar-refractivity contribution in [1.29, 1.82) is 0 Å².